The van der Waals surface area contributed by atoms with Gasteiger partial charge in [-0.3, -0.25) is 4.68 Å². The molecule has 1 atom stereocenters. The number of nitrogens with zero attached hydrogens (tertiary/aromatic N) is 2. The van der Waals surface area contributed by atoms with Gasteiger partial charge in [-0.25, -0.2) is 4.39 Å². The van der Waals surface area contributed by atoms with Crippen molar-refractivity contribution in [2.24, 2.45) is 0 Å². The minimum Gasteiger partial charge on any atom is -0.382 e. The first-order valence-electron chi connectivity index (χ1n) is 5.89. The summed E-state index contributed by atoms with van der Waals surface area (Å²) in [7, 11) is 0. The molecule has 19 heavy (non-hydrogen) atoms. The van der Waals surface area contributed by atoms with E-state index in [2.05, 4.69) is 5.10 Å². The zero-order valence-corrected chi connectivity index (χ0v) is 11.8. The van der Waals surface area contributed by atoms with Crippen LogP contribution in [0.15, 0.2) is 24.4 Å². The Hall–Kier alpha value is -1.10. The van der Waals surface area contributed by atoms with Gasteiger partial charge in [0.15, 0.2) is 0 Å². The number of rotatable bonds is 4. The second-order valence-electron chi connectivity index (χ2n) is 4.15. The molecule has 0 radical (unpaired) electrons. The Morgan fingerprint density at radius 3 is 2.79 bits per heavy atom. The van der Waals surface area contributed by atoms with Crippen molar-refractivity contribution in [2.75, 3.05) is 0 Å². The third-order valence-electron chi connectivity index (χ3n) is 2.80. The van der Waals surface area contributed by atoms with E-state index in [0.717, 1.165) is 6.42 Å². The molecule has 1 unspecified atom stereocenters. The third-order valence-corrected chi connectivity index (χ3v) is 3.39. The van der Waals surface area contributed by atoms with E-state index < -0.39 is 11.9 Å². The molecule has 2 rings (SSSR count). The number of aliphatic hydroxyl groups is 1. The molecule has 0 aliphatic carbocycles. The molecule has 0 saturated carbocycles. The van der Waals surface area contributed by atoms with Crippen LogP contribution in [0.4, 0.5) is 4.39 Å². The van der Waals surface area contributed by atoms with Crippen LogP contribution in [-0.2, 0) is 6.54 Å². The Kier molecular flexibility index (Phi) is 4.45. The fourth-order valence-electron chi connectivity index (χ4n) is 1.91. The molecule has 6 heteroatoms. The van der Waals surface area contributed by atoms with Crippen LogP contribution in [0.3, 0.4) is 0 Å². The Morgan fingerprint density at radius 2 is 2.11 bits per heavy atom. The van der Waals surface area contributed by atoms with Crippen LogP contribution in [0.2, 0.25) is 10.0 Å². The number of hydrogen-bond donors (Lipinski definition) is 1. The SMILES string of the molecule is CCCn1ncc(Cl)c1C(O)c1cccc(Cl)c1F. The van der Waals surface area contributed by atoms with Gasteiger partial charge in [-0.05, 0) is 12.5 Å². The molecule has 0 aliphatic rings. The Bertz CT molecular complexity index is 586. The summed E-state index contributed by atoms with van der Waals surface area (Å²) in [5.74, 6) is -0.642. The van der Waals surface area contributed by atoms with Crippen LogP contribution >= 0.6 is 23.2 Å². The van der Waals surface area contributed by atoms with Crippen LogP contribution in [0, 0.1) is 5.82 Å². The highest BCUT2D eigenvalue weighted by Crippen LogP contribution is 2.31. The second-order valence-corrected chi connectivity index (χ2v) is 4.96. The lowest BCUT2D eigenvalue weighted by atomic mass is 10.1. The van der Waals surface area contributed by atoms with Crippen molar-refractivity contribution in [3.05, 3.63) is 51.5 Å². The fourth-order valence-corrected chi connectivity index (χ4v) is 2.34. The maximum absolute atomic E-state index is 13.9. The van der Waals surface area contributed by atoms with Crippen LogP contribution in [0.5, 0.6) is 0 Å². The maximum atomic E-state index is 13.9. The van der Waals surface area contributed by atoms with Crippen LogP contribution in [0.25, 0.3) is 0 Å². The number of hydrogen-bond acceptors (Lipinski definition) is 2. The van der Waals surface area contributed by atoms with Gasteiger partial charge in [0.1, 0.15) is 11.9 Å². The number of benzene rings is 1. The summed E-state index contributed by atoms with van der Waals surface area (Å²) in [5, 5.41) is 14.7. The fraction of sp³-hybridized carbons (Fsp3) is 0.308. The molecule has 0 saturated heterocycles. The minimum absolute atomic E-state index is 0.0331. The van der Waals surface area contributed by atoms with Gasteiger partial charge in [-0.2, -0.15) is 5.10 Å². The average molecular weight is 303 g/mol. The first kappa shape index (κ1) is 14.3. The summed E-state index contributed by atoms with van der Waals surface area (Å²) in [6.45, 7) is 2.58. The largest absolute Gasteiger partial charge is 0.382 e. The molecule has 3 nitrogen and oxygen atoms in total. The lowest BCUT2D eigenvalue weighted by Gasteiger charge is -2.15. The van der Waals surface area contributed by atoms with Crippen molar-refractivity contribution in [2.45, 2.75) is 26.0 Å². The molecule has 1 aromatic carbocycles. The van der Waals surface area contributed by atoms with E-state index in [1.165, 1.54) is 18.3 Å². The summed E-state index contributed by atoms with van der Waals surface area (Å²) in [6, 6.07) is 4.49. The van der Waals surface area contributed by atoms with E-state index in [0.29, 0.717) is 17.3 Å². The third kappa shape index (κ3) is 2.76. The van der Waals surface area contributed by atoms with Crippen LogP contribution in [-0.4, -0.2) is 14.9 Å². The van der Waals surface area contributed by atoms with Crippen molar-refractivity contribution in [1.82, 2.24) is 9.78 Å². The number of halogens is 3. The molecule has 0 bridgehead atoms. The number of aliphatic hydroxyl groups excluding tert-OH is 1. The van der Waals surface area contributed by atoms with Gasteiger partial charge in [-0.1, -0.05) is 42.3 Å². The van der Waals surface area contributed by atoms with Gasteiger partial charge in [0.05, 0.1) is 21.9 Å². The van der Waals surface area contributed by atoms with E-state index in [1.807, 2.05) is 6.92 Å². The van der Waals surface area contributed by atoms with Crippen molar-refractivity contribution < 1.29 is 9.50 Å². The van der Waals surface area contributed by atoms with E-state index in [-0.39, 0.29) is 10.6 Å². The molecule has 0 fully saturated rings. The smallest absolute Gasteiger partial charge is 0.147 e. The van der Waals surface area contributed by atoms with Crippen molar-refractivity contribution in [1.29, 1.82) is 0 Å². The first-order valence-corrected chi connectivity index (χ1v) is 6.65. The van der Waals surface area contributed by atoms with E-state index in [4.69, 9.17) is 23.2 Å². The zero-order chi connectivity index (χ0) is 14.0. The van der Waals surface area contributed by atoms with E-state index in [9.17, 15) is 9.50 Å². The minimum atomic E-state index is -1.19. The molecule has 1 aromatic heterocycles. The zero-order valence-electron chi connectivity index (χ0n) is 10.3. The summed E-state index contributed by atoms with van der Waals surface area (Å²) in [4.78, 5) is 0. The predicted octanol–water partition coefficient (Wildman–Crippen LogP) is 3.82. The van der Waals surface area contributed by atoms with Gasteiger partial charge < -0.3 is 5.11 Å². The second kappa shape index (κ2) is 5.90. The highest BCUT2D eigenvalue weighted by atomic mass is 35.5. The van der Waals surface area contributed by atoms with Gasteiger partial charge >= 0.3 is 0 Å². The van der Waals surface area contributed by atoms with Crippen molar-refractivity contribution >= 4 is 23.2 Å². The highest BCUT2D eigenvalue weighted by Gasteiger charge is 2.23. The van der Waals surface area contributed by atoms with E-state index >= 15 is 0 Å². The van der Waals surface area contributed by atoms with Gasteiger partial charge in [0, 0.05) is 12.1 Å². The quantitative estimate of drug-likeness (QED) is 0.932. The Labute approximate surface area is 120 Å². The molecular weight excluding hydrogens is 290 g/mol. The monoisotopic (exact) mass is 302 g/mol. The molecule has 1 N–H and O–H groups in total. The average Bonchev–Trinajstić information content (AvgIpc) is 2.74. The van der Waals surface area contributed by atoms with Crippen molar-refractivity contribution in [3.63, 3.8) is 0 Å². The summed E-state index contributed by atoms with van der Waals surface area (Å²) >= 11 is 11.7. The summed E-state index contributed by atoms with van der Waals surface area (Å²) in [6.07, 6.45) is 1.08. The lowest BCUT2D eigenvalue weighted by Crippen LogP contribution is -2.12. The van der Waals surface area contributed by atoms with Crippen molar-refractivity contribution in [3.8, 4) is 0 Å². The highest BCUT2D eigenvalue weighted by molar-refractivity contribution is 6.31. The standard InChI is InChI=1S/C13H13Cl2FN2O/c1-2-6-18-12(10(15)7-17-18)13(19)8-4-3-5-9(14)11(8)16/h3-5,7,13,19H,2,6H2,1H3. The Morgan fingerprint density at radius 1 is 1.37 bits per heavy atom. The van der Waals surface area contributed by atoms with Gasteiger partial charge in [0.2, 0.25) is 0 Å². The Balaban J connectivity index is 2.46. The topological polar surface area (TPSA) is 38.0 Å². The van der Waals surface area contributed by atoms with Gasteiger partial charge in [-0.15, -0.1) is 0 Å². The molecule has 1 heterocycles. The summed E-state index contributed by atoms with van der Waals surface area (Å²) < 4.78 is 15.5. The molecule has 102 valence electrons. The van der Waals surface area contributed by atoms with Gasteiger partial charge in [0.25, 0.3) is 0 Å². The van der Waals surface area contributed by atoms with Crippen LogP contribution < -0.4 is 0 Å². The number of aryl methyl sites for hydroxylation is 1. The molecular formula is C13H13Cl2FN2O. The molecule has 0 amide bonds. The molecule has 2 aromatic rings. The predicted molar refractivity (Wildman–Crippen MR) is 73.0 cm³/mol. The lowest BCUT2D eigenvalue weighted by molar-refractivity contribution is 0.202. The normalized spacial score (nSPS) is 12.7. The van der Waals surface area contributed by atoms with E-state index in [1.54, 1.807) is 10.7 Å². The molecule has 0 aliphatic heterocycles. The maximum Gasteiger partial charge on any atom is 0.147 e. The first-order chi connectivity index (χ1) is 9.06. The summed E-state index contributed by atoms with van der Waals surface area (Å²) in [5.41, 5.74) is 0.469. The van der Waals surface area contributed by atoms with Crippen LogP contribution in [0.1, 0.15) is 30.7 Å². The molecule has 0 spiro atoms. The number of aromatic nitrogens is 2.